The Bertz CT molecular complexity index is 777. The zero-order valence-electron chi connectivity index (χ0n) is 14.4. The number of nitrogens with one attached hydrogen (secondary N) is 1. The Morgan fingerprint density at radius 1 is 1.35 bits per heavy atom. The third-order valence-corrected chi connectivity index (χ3v) is 4.98. The van der Waals surface area contributed by atoms with Crippen LogP contribution in [0.2, 0.25) is 5.02 Å². The lowest BCUT2D eigenvalue weighted by Gasteiger charge is -2.38. The van der Waals surface area contributed by atoms with Gasteiger partial charge in [-0.25, -0.2) is 4.98 Å². The van der Waals surface area contributed by atoms with Crippen LogP contribution in [-0.2, 0) is 10.2 Å². The zero-order chi connectivity index (χ0) is 18.6. The van der Waals surface area contributed by atoms with Gasteiger partial charge in [-0.05, 0) is 37.1 Å². The molecular formula is C18H20ClN3O4. The topological polar surface area (TPSA) is 86.5 Å². The van der Waals surface area contributed by atoms with E-state index in [1.165, 1.54) is 12.3 Å². The predicted molar refractivity (Wildman–Crippen MR) is 99.1 cm³/mol. The maximum absolute atomic E-state index is 10.8. The molecule has 0 atom stereocenters. The normalized spacial score (nSPS) is 16.1. The summed E-state index contributed by atoms with van der Waals surface area (Å²) in [6, 6.07) is 8.67. The van der Waals surface area contributed by atoms with Gasteiger partial charge in [0.25, 0.3) is 5.69 Å². The van der Waals surface area contributed by atoms with E-state index in [4.69, 9.17) is 21.1 Å². The molecule has 1 N–H and O–H groups in total. The SMILES string of the molecule is COc1ccc(Cl)cc1C1(CNc2ccc([N+](=O)[O-])cn2)CCOCC1. The van der Waals surface area contributed by atoms with Crippen LogP contribution in [0.1, 0.15) is 18.4 Å². The van der Waals surface area contributed by atoms with Crippen LogP contribution in [0.4, 0.5) is 11.5 Å². The second kappa shape index (κ2) is 7.88. The molecule has 1 aromatic heterocycles. The van der Waals surface area contributed by atoms with Crippen molar-refractivity contribution in [3.8, 4) is 5.75 Å². The van der Waals surface area contributed by atoms with Gasteiger partial charge in [-0.2, -0.15) is 0 Å². The number of nitrogens with zero attached hydrogens (tertiary/aromatic N) is 2. The van der Waals surface area contributed by atoms with Gasteiger partial charge in [-0.15, -0.1) is 0 Å². The first-order chi connectivity index (χ1) is 12.5. The number of rotatable bonds is 6. The van der Waals surface area contributed by atoms with E-state index < -0.39 is 4.92 Å². The average molecular weight is 378 g/mol. The average Bonchev–Trinajstić information content (AvgIpc) is 2.67. The fourth-order valence-corrected chi connectivity index (χ4v) is 3.43. The van der Waals surface area contributed by atoms with Gasteiger partial charge in [-0.1, -0.05) is 11.6 Å². The van der Waals surface area contributed by atoms with Gasteiger partial charge in [0.15, 0.2) is 0 Å². The monoisotopic (exact) mass is 377 g/mol. The standard InChI is InChI=1S/C18H20ClN3O4/c1-25-16-4-2-13(19)10-15(16)18(6-8-26-9-7-18)12-21-17-5-3-14(11-20-17)22(23)24/h2-5,10-11H,6-9,12H2,1H3,(H,20,21). The van der Waals surface area contributed by atoms with E-state index in [2.05, 4.69) is 10.3 Å². The van der Waals surface area contributed by atoms with Crippen molar-refractivity contribution < 1.29 is 14.4 Å². The van der Waals surface area contributed by atoms with Crippen LogP contribution in [0.3, 0.4) is 0 Å². The van der Waals surface area contributed by atoms with E-state index >= 15 is 0 Å². The number of hydrogen-bond donors (Lipinski definition) is 1. The first-order valence-corrected chi connectivity index (χ1v) is 8.68. The molecule has 7 nitrogen and oxygen atoms in total. The summed E-state index contributed by atoms with van der Waals surface area (Å²) in [7, 11) is 1.64. The Balaban J connectivity index is 1.86. The maximum atomic E-state index is 10.8. The minimum Gasteiger partial charge on any atom is -0.496 e. The highest BCUT2D eigenvalue weighted by molar-refractivity contribution is 6.30. The van der Waals surface area contributed by atoms with Crippen molar-refractivity contribution in [1.29, 1.82) is 0 Å². The summed E-state index contributed by atoms with van der Waals surface area (Å²) in [4.78, 5) is 14.4. The van der Waals surface area contributed by atoms with Crippen molar-refractivity contribution in [3.05, 3.63) is 57.2 Å². The third kappa shape index (κ3) is 3.89. The van der Waals surface area contributed by atoms with Crippen molar-refractivity contribution in [2.75, 3.05) is 32.2 Å². The fourth-order valence-electron chi connectivity index (χ4n) is 3.26. The van der Waals surface area contributed by atoms with Crippen LogP contribution >= 0.6 is 11.6 Å². The number of anilines is 1. The molecule has 3 rings (SSSR count). The van der Waals surface area contributed by atoms with Crippen LogP contribution in [0.5, 0.6) is 5.75 Å². The molecule has 1 saturated heterocycles. The number of ether oxygens (including phenoxy) is 2. The molecule has 0 unspecified atom stereocenters. The number of aromatic nitrogens is 1. The number of nitro groups is 1. The summed E-state index contributed by atoms with van der Waals surface area (Å²) in [5.74, 6) is 1.37. The molecule has 26 heavy (non-hydrogen) atoms. The van der Waals surface area contributed by atoms with Crippen molar-refractivity contribution >= 4 is 23.1 Å². The molecule has 1 fully saturated rings. The second-order valence-electron chi connectivity index (χ2n) is 6.25. The van der Waals surface area contributed by atoms with Gasteiger partial charge in [0, 0.05) is 41.8 Å². The van der Waals surface area contributed by atoms with Gasteiger partial charge in [0.1, 0.15) is 17.8 Å². The lowest BCUT2D eigenvalue weighted by Crippen LogP contribution is -2.40. The molecule has 0 radical (unpaired) electrons. The quantitative estimate of drug-likeness (QED) is 0.608. The largest absolute Gasteiger partial charge is 0.496 e. The van der Waals surface area contributed by atoms with Crippen LogP contribution < -0.4 is 10.1 Å². The molecule has 0 saturated carbocycles. The van der Waals surface area contributed by atoms with Crippen molar-refractivity contribution in [2.45, 2.75) is 18.3 Å². The number of benzene rings is 1. The maximum Gasteiger partial charge on any atom is 0.287 e. The van der Waals surface area contributed by atoms with E-state index in [1.807, 2.05) is 18.2 Å². The van der Waals surface area contributed by atoms with Gasteiger partial charge in [-0.3, -0.25) is 10.1 Å². The molecule has 0 amide bonds. The summed E-state index contributed by atoms with van der Waals surface area (Å²) in [6.07, 6.45) is 2.87. The summed E-state index contributed by atoms with van der Waals surface area (Å²) < 4.78 is 11.1. The predicted octanol–water partition coefficient (Wildman–Crippen LogP) is 3.81. The molecule has 8 heteroatoms. The van der Waals surface area contributed by atoms with Crippen LogP contribution in [0, 0.1) is 10.1 Å². The van der Waals surface area contributed by atoms with E-state index in [9.17, 15) is 10.1 Å². The Kier molecular flexibility index (Phi) is 5.58. The summed E-state index contributed by atoms with van der Waals surface area (Å²) in [5.41, 5.74) is 0.774. The number of methoxy groups -OCH3 is 1. The first kappa shape index (κ1) is 18.4. The third-order valence-electron chi connectivity index (χ3n) is 4.75. The van der Waals surface area contributed by atoms with Crippen molar-refractivity contribution in [3.63, 3.8) is 0 Å². The summed E-state index contributed by atoms with van der Waals surface area (Å²) in [6.45, 7) is 1.88. The first-order valence-electron chi connectivity index (χ1n) is 8.30. The van der Waals surface area contributed by atoms with E-state index in [-0.39, 0.29) is 11.1 Å². The van der Waals surface area contributed by atoms with Crippen LogP contribution in [0.25, 0.3) is 0 Å². The fraction of sp³-hybridized carbons (Fsp3) is 0.389. The zero-order valence-corrected chi connectivity index (χ0v) is 15.2. The number of halogens is 1. The van der Waals surface area contributed by atoms with Crippen molar-refractivity contribution in [2.24, 2.45) is 0 Å². The summed E-state index contributed by atoms with van der Waals surface area (Å²) in [5, 5.41) is 14.7. The van der Waals surface area contributed by atoms with Gasteiger partial charge in [0.2, 0.25) is 0 Å². The molecular weight excluding hydrogens is 358 g/mol. The molecule has 0 spiro atoms. The highest BCUT2D eigenvalue weighted by atomic mass is 35.5. The smallest absolute Gasteiger partial charge is 0.287 e. The second-order valence-corrected chi connectivity index (χ2v) is 6.69. The van der Waals surface area contributed by atoms with E-state index in [1.54, 1.807) is 13.2 Å². The van der Waals surface area contributed by atoms with Crippen LogP contribution in [0.15, 0.2) is 36.5 Å². The molecule has 138 valence electrons. The number of pyridine rings is 1. The molecule has 0 aliphatic carbocycles. The molecule has 1 aliphatic heterocycles. The highest BCUT2D eigenvalue weighted by Crippen LogP contribution is 2.41. The minimum absolute atomic E-state index is 0.0344. The summed E-state index contributed by atoms with van der Waals surface area (Å²) >= 11 is 6.24. The molecule has 1 aliphatic rings. The Morgan fingerprint density at radius 2 is 2.12 bits per heavy atom. The van der Waals surface area contributed by atoms with Gasteiger partial charge in [0.05, 0.1) is 12.0 Å². The molecule has 2 heterocycles. The van der Waals surface area contributed by atoms with Crippen LogP contribution in [-0.4, -0.2) is 36.8 Å². The van der Waals surface area contributed by atoms with Gasteiger partial charge < -0.3 is 14.8 Å². The molecule has 1 aromatic carbocycles. The lowest BCUT2D eigenvalue weighted by atomic mass is 9.73. The van der Waals surface area contributed by atoms with Gasteiger partial charge >= 0.3 is 0 Å². The van der Waals surface area contributed by atoms with Crippen molar-refractivity contribution in [1.82, 2.24) is 4.98 Å². The Labute approximate surface area is 156 Å². The highest BCUT2D eigenvalue weighted by Gasteiger charge is 2.37. The lowest BCUT2D eigenvalue weighted by molar-refractivity contribution is -0.385. The minimum atomic E-state index is -0.465. The Hall–Kier alpha value is -2.38. The van der Waals surface area contributed by atoms with E-state index in [0.29, 0.717) is 30.6 Å². The molecule has 0 bridgehead atoms. The Morgan fingerprint density at radius 3 is 2.73 bits per heavy atom. The molecule has 2 aromatic rings. The number of hydrogen-bond acceptors (Lipinski definition) is 6. The van der Waals surface area contributed by atoms with E-state index in [0.717, 1.165) is 24.2 Å².